The van der Waals surface area contributed by atoms with Crippen molar-refractivity contribution in [1.29, 1.82) is 0 Å². The molecule has 0 saturated carbocycles. The Morgan fingerprint density at radius 2 is 1.67 bits per heavy atom. The molecule has 0 saturated heterocycles. The normalized spacial score (nSPS) is 11.5. The summed E-state index contributed by atoms with van der Waals surface area (Å²) >= 11 is 1.53. The third kappa shape index (κ3) is 7.22. The second-order valence-corrected chi connectivity index (χ2v) is 11.4. The van der Waals surface area contributed by atoms with Gasteiger partial charge in [-0.25, -0.2) is 12.8 Å². The SMILES string of the molecule is CCCN(CC(=O)N(Cc1ccc(F)cc1)Cc1sccc1C)S(=O)(=O)c1ccc(NC(C)=O)cc1. The van der Waals surface area contributed by atoms with Crippen LogP contribution in [0.1, 0.15) is 36.3 Å². The number of hydrogen-bond donors (Lipinski definition) is 1. The van der Waals surface area contributed by atoms with Gasteiger partial charge < -0.3 is 10.2 Å². The monoisotopic (exact) mass is 531 g/mol. The molecule has 0 radical (unpaired) electrons. The van der Waals surface area contributed by atoms with Crippen molar-refractivity contribution >= 4 is 38.9 Å². The number of rotatable bonds is 11. The van der Waals surface area contributed by atoms with E-state index in [1.54, 1.807) is 17.0 Å². The van der Waals surface area contributed by atoms with Gasteiger partial charge in [-0.15, -0.1) is 11.3 Å². The first kappa shape index (κ1) is 27.5. The molecule has 0 fully saturated rings. The topological polar surface area (TPSA) is 86.8 Å². The molecule has 10 heteroatoms. The van der Waals surface area contributed by atoms with Gasteiger partial charge in [0.2, 0.25) is 21.8 Å². The number of carbonyl (C=O) groups is 2. The van der Waals surface area contributed by atoms with Crippen LogP contribution in [0.3, 0.4) is 0 Å². The zero-order chi connectivity index (χ0) is 26.3. The molecule has 0 atom stereocenters. The van der Waals surface area contributed by atoms with E-state index in [1.807, 2.05) is 25.3 Å². The van der Waals surface area contributed by atoms with E-state index in [1.165, 1.54) is 59.0 Å². The summed E-state index contributed by atoms with van der Waals surface area (Å²) in [6, 6.07) is 13.8. The molecular weight excluding hydrogens is 501 g/mol. The fourth-order valence-electron chi connectivity index (χ4n) is 3.63. The predicted molar refractivity (Wildman–Crippen MR) is 140 cm³/mol. The predicted octanol–water partition coefficient (Wildman–Crippen LogP) is 4.78. The van der Waals surface area contributed by atoms with Gasteiger partial charge >= 0.3 is 0 Å². The van der Waals surface area contributed by atoms with Crippen LogP contribution >= 0.6 is 11.3 Å². The maximum Gasteiger partial charge on any atom is 0.243 e. The highest BCUT2D eigenvalue weighted by Crippen LogP contribution is 2.22. The van der Waals surface area contributed by atoms with Crippen molar-refractivity contribution in [2.45, 2.75) is 45.2 Å². The molecule has 3 rings (SSSR count). The Labute approximate surface area is 215 Å². The number of amides is 2. The summed E-state index contributed by atoms with van der Waals surface area (Å²) in [6.07, 6.45) is 0.526. The van der Waals surface area contributed by atoms with Crippen molar-refractivity contribution in [2.75, 3.05) is 18.4 Å². The number of thiophene rings is 1. The van der Waals surface area contributed by atoms with Gasteiger partial charge in [0, 0.05) is 30.6 Å². The van der Waals surface area contributed by atoms with E-state index in [-0.39, 0.29) is 42.2 Å². The first-order valence-electron chi connectivity index (χ1n) is 11.5. The Balaban J connectivity index is 1.84. The van der Waals surface area contributed by atoms with Crippen LogP contribution in [0.2, 0.25) is 0 Å². The Morgan fingerprint density at radius 3 is 2.22 bits per heavy atom. The summed E-state index contributed by atoms with van der Waals surface area (Å²) in [5, 5.41) is 4.55. The lowest BCUT2D eigenvalue weighted by Crippen LogP contribution is -2.42. The van der Waals surface area contributed by atoms with E-state index < -0.39 is 10.0 Å². The first-order chi connectivity index (χ1) is 17.1. The molecule has 2 aromatic carbocycles. The molecule has 0 aliphatic carbocycles. The molecule has 0 aliphatic heterocycles. The van der Waals surface area contributed by atoms with Crippen LogP contribution in [0.15, 0.2) is 64.9 Å². The number of nitrogens with one attached hydrogen (secondary N) is 1. The summed E-state index contributed by atoms with van der Waals surface area (Å²) in [4.78, 5) is 27.4. The molecule has 2 amide bonds. The second-order valence-electron chi connectivity index (χ2n) is 8.45. The zero-order valence-electron chi connectivity index (χ0n) is 20.5. The summed E-state index contributed by atoms with van der Waals surface area (Å²) < 4.78 is 41.4. The van der Waals surface area contributed by atoms with E-state index in [0.717, 1.165) is 16.0 Å². The summed E-state index contributed by atoms with van der Waals surface area (Å²) in [5.41, 5.74) is 2.28. The van der Waals surface area contributed by atoms with E-state index >= 15 is 0 Å². The van der Waals surface area contributed by atoms with Crippen molar-refractivity contribution in [1.82, 2.24) is 9.21 Å². The average Bonchev–Trinajstić information content (AvgIpc) is 3.24. The Morgan fingerprint density at radius 1 is 1.00 bits per heavy atom. The van der Waals surface area contributed by atoms with Crippen molar-refractivity contribution in [2.24, 2.45) is 0 Å². The Kier molecular flexibility index (Phi) is 9.36. The molecule has 36 heavy (non-hydrogen) atoms. The van der Waals surface area contributed by atoms with Crippen LogP contribution in [-0.2, 0) is 32.7 Å². The molecule has 1 aromatic heterocycles. The standard InChI is InChI=1S/C26H30FN3O4S2/c1-4-14-30(36(33,34)24-11-9-23(10-12-24)28-20(3)31)18-26(32)29(17-25-19(2)13-15-35-25)16-21-5-7-22(27)8-6-21/h5-13,15H,4,14,16-18H2,1-3H3,(H,28,31). The van der Waals surface area contributed by atoms with Gasteiger partial charge in [0.05, 0.1) is 18.0 Å². The third-order valence-corrected chi connectivity index (χ3v) is 8.41. The summed E-state index contributed by atoms with van der Waals surface area (Å²) in [7, 11) is -3.96. The molecular formula is C26H30FN3O4S2. The van der Waals surface area contributed by atoms with Crippen molar-refractivity contribution in [3.63, 3.8) is 0 Å². The lowest BCUT2D eigenvalue weighted by molar-refractivity contribution is -0.132. The molecule has 1 N–H and O–H groups in total. The summed E-state index contributed by atoms with van der Waals surface area (Å²) in [5.74, 6) is -0.972. The third-order valence-electron chi connectivity index (χ3n) is 5.54. The molecule has 7 nitrogen and oxygen atoms in total. The van der Waals surface area contributed by atoms with Gasteiger partial charge in [-0.3, -0.25) is 9.59 Å². The van der Waals surface area contributed by atoms with Crippen molar-refractivity contribution in [3.05, 3.63) is 81.8 Å². The van der Waals surface area contributed by atoms with Crippen LogP contribution in [0.5, 0.6) is 0 Å². The number of benzene rings is 2. The number of hydrogen-bond acceptors (Lipinski definition) is 5. The Hall–Kier alpha value is -3.08. The number of nitrogens with zero attached hydrogens (tertiary/aromatic N) is 2. The van der Waals surface area contributed by atoms with Gasteiger partial charge in [0.15, 0.2) is 0 Å². The lowest BCUT2D eigenvalue weighted by atomic mass is 10.2. The highest BCUT2D eigenvalue weighted by atomic mass is 32.2. The minimum atomic E-state index is -3.96. The molecule has 0 unspecified atom stereocenters. The maximum atomic E-state index is 13.5. The number of anilines is 1. The highest BCUT2D eigenvalue weighted by Gasteiger charge is 2.28. The second kappa shape index (κ2) is 12.2. The van der Waals surface area contributed by atoms with Crippen LogP contribution in [-0.4, -0.2) is 42.5 Å². The molecule has 192 valence electrons. The number of carbonyl (C=O) groups excluding carboxylic acids is 2. The highest BCUT2D eigenvalue weighted by molar-refractivity contribution is 7.89. The quantitative estimate of drug-likeness (QED) is 0.386. The van der Waals surface area contributed by atoms with Crippen molar-refractivity contribution in [3.8, 4) is 0 Å². The van der Waals surface area contributed by atoms with Crippen LogP contribution in [0, 0.1) is 12.7 Å². The van der Waals surface area contributed by atoms with E-state index in [9.17, 15) is 22.4 Å². The zero-order valence-corrected chi connectivity index (χ0v) is 22.2. The first-order valence-corrected chi connectivity index (χ1v) is 13.8. The van der Waals surface area contributed by atoms with Gasteiger partial charge in [0.1, 0.15) is 5.82 Å². The fourth-order valence-corrected chi connectivity index (χ4v) is 6.03. The molecule has 0 aliphatic rings. The minimum absolute atomic E-state index is 0.0389. The van der Waals surface area contributed by atoms with Crippen LogP contribution in [0.25, 0.3) is 0 Å². The van der Waals surface area contributed by atoms with E-state index in [2.05, 4.69) is 5.32 Å². The number of sulfonamides is 1. The number of halogens is 1. The largest absolute Gasteiger partial charge is 0.332 e. The lowest BCUT2D eigenvalue weighted by Gasteiger charge is -2.27. The van der Waals surface area contributed by atoms with E-state index in [4.69, 9.17) is 0 Å². The minimum Gasteiger partial charge on any atom is -0.332 e. The van der Waals surface area contributed by atoms with Crippen LogP contribution in [0.4, 0.5) is 10.1 Å². The van der Waals surface area contributed by atoms with Gasteiger partial charge in [0.25, 0.3) is 0 Å². The van der Waals surface area contributed by atoms with Crippen LogP contribution < -0.4 is 5.32 Å². The van der Waals surface area contributed by atoms with E-state index in [0.29, 0.717) is 18.7 Å². The van der Waals surface area contributed by atoms with Gasteiger partial charge in [-0.05, 0) is 72.3 Å². The van der Waals surface area contributed by atoms with Crippen molar-refractivity contribution < 1.29 is 22.4 Å². The molecule has 0 bridgehead atoms. The smallest absolute Gasteiger partial charge is 0.243 e. The fraction of sp³-hybridized carbons (Fsp3) is 0.308. The average molecular weight is 532 g/mol. The molecule has 3 aromatic rings. The maximum absolute atomic E-state index is 13.5. The number of aryl methyl sites for hydroxylation is 1. The van der Waals surface area contributed by atoms with Gasteiger partial charge in [-0.2, -0.15) is 4.31 Å². The molecule has 1 heterocycles. The molecule has 0 spiro atoms. The summed E-state index contributed by atoms with van der Waals surface area (Å²) in [6.45, 7) is 5.57. The van der Waals surface area contributed by atoms with Gasteiger partial charge in [-0.1, -0.05) is 19.1 Å². The Bertz CT molecular complexity index is 1290.